The minimum absolute atomic E-state index is 0. The molecule has 0 bridgehead atoms. The average Bonchev–Trinajstić information content (AvgIpc) is 1.94. The van der Waals surface area contributed by atoms with Crippen molar-refractivity contribution in [3.05, 3.63) is 24.0 Å². The molecule has 7 heteroatoms. The van der Waals surface area contributed by atoms with Crippen LogP contribution in [0, 0.1) is 5.82 Å². The van der Waals surface area contributed by atoms with Crippen LogP contribution in [0.5, 0.6) is 0 Å². The van der Waals surface area contributed by atoms with Gasteiger partial charge in [0.15, 0.2) is 0 Å². The number of nitrogen functional groups attached to an aromatic ring is 1. The third-order valence-corrected chi connectivity index (χ3v) is 1.30. The maximum absolute atomic E-state index is 12.4. The number of anilines is 1. The van der Waals surface area contributed by atoms with E-state index in [1.807, 2.05) is 0 Å². The zero-order chi connectivity index (χ0) is 8.43. The Balaban J connectivity index is 0. The fourth-order valence-electron chi connectivity index (χ4n) is 0.750. The van der Waals surface area contributed by atoms with Gasteiger partial charge in [-0.1, -0.05) is 12.6 Å². The first-order chi connectivity index (χ1) is 5.11. The second-order valence-electron chi connectivity index (χ2n) is 2.11. The summed E-state index contributed by atoms with van der Waals surface area (Å²) in [7, 11) is -2.22. The van der Waals surface area contributed by atoms with Crippen LogP contribution < -0.4 is 124 Å². The van der Waals surface area contributed by atoms with Crippen molar-refractivity contribution in [2.75, 3.05) is 5.73 Å². The first-order valence-corrected chi connectivity index (χ1v) is 2.98. The molecule has 0 atom stereocenters. The summed E-state index contributed by atoms with van der Waals surface area (Å²) in [6, 6.07) is 3.16. The summed E-state index contributed by atoms with van der Waals surface area (Å²) in [5.74, 6) is -0.620. The predicted molar refractivity (Wildman–Crippen MR) is 36.2 cm³/mol. The molecule has 0 aliphatic heterocycles. The molecule has 3 nitrogen and oxygen atoms in total. The summed E-state index contributed by atoms with van der Waals surface area (Å²) in [5, 5.41) is 20.6. The minimum atomic E-state index is -2.22. The number of hydrogen-bond donors (Lipinski definition) is 1. The summed E-state index contributed by atoms with van der Waals surface area (Å²) >= 11 is 0. The van der Waals surface area contributed by atoms with E-state index in [9.17, 15) is 14.4 Å². The van der Waals surface area contributed by atoms with Crippen LogP contribution in [-0.2, 0) is 0 Å². The van der Waals surface area contributed by atoms with Crippen LogP contribution in [0.15, 0.2) is 18.2 Å². The van der Waals surface area contributed by atoms with Gasteiger partial charge in [-0.15, -0.1) is 0 Å². The SMILES string of the molecule is Nc1ccc(F)cc1B([O-])[O-].[K+].[K+]. The Labute approximate surface area is 161 Å². The number of benzene rings is 1. The molecule has 58 valence electrons. The van der Waals surface area contributed by atoms with Gasteiger partial charge < -0.3 is 15.8 Å². The summed E-state index contributed by atoms with van der Waals surface area (Å²) < 4.78 is 12.4. The molecule has 0 aliphatic carbocycles. The minimum Gasteiger partial charge on any atom is -0.889 e. The van der Waals surface area contributed by atoms with E-state index in [1.54, 1.807) is 0 Å². The fourth-order valence-corrected chi connectivity index (χ4v) is 0.750. The van der Waals surface area contributed by atoms with Gasteiger partial charge in [-0.3, -0.25) is 0 Å². The number of halogens is 1. The average molecular weight is 231 g/mol. The van der Waals surface area contributed by atoms with Crippen molar-refractivity contribution in [3.63, 3.8) is 0 Å². The Morgan fingerprint density at radius 2 is 1.77 bits per heavy atom. The molecule has 0 aromatic heterocycles. The zero-order valence-electron chi connectivity index (χ0n) is 7.58. The van der Waals surface area contributed by atoms with Gasteiger partial charge in [0, 0.05) is 5.69 Å². The van der Waals surface area contributed by atoms with Crippen molar-refractivity contribution in [2.45, 2.75) is 0 Å². The van der Waals surface area contributed by atoms with Crippen molar-refractivity contribution in [3.8, 4) is 0 Å². The van der Waals surface area contributed by atoms with Gasteiger partial charge in [0.25, 0.3) is 0 Å². The van der Waals surface area contributed by atoms with Crippen LogP contribution in [0.4, 0.5) is 10.1 Å². The molecule has 1 rings (SSSR count). The third kappa shape index (κ3) is 5.74. The van der Waals surface area contributed by atoms with Crippen molar-refractivity contribution in [2.24, 2.45) is 0 Å². The number of hydrogen-bond acceptors (Lipinski definition) is 3. The van der Waals surface area contributed by atoms with Crippen molar-refractivity contribution < 1.29 is 117 Å². The molecule has 0 aliphatic rings. The second-order valence-corrected chi connectivity index (χ2v) is 2.11. The molecule has 0 saturated carbocycles. The van der Waals surface area contributed by atoms with E-state index in [4.69, 9.17) is 5.73 Å². The summed E-state index contributed by atoms with van der Waals surface area (Å²) in [5.41, 5.74) is 5.04. The van der Waals surface area contributed by atoms with E-state index < -0.39 is 12.9 Å². The monoisotopic (exact) mass is 231 g/mol. The Bertz CT molecular complexity index is 275. The molecule has 0 saturated heterocycles. The van der Waals surface area contributed by atoms with Gasteiger partial charge in [0.2, 0.25) is 0 Å². The molecule has 13 heavy (non-hydrogen) atoms. The first kappa shape index (κ1) is 17.6. The fraction of sp³-hybridized carbons (Fsp3) is 0. The normalized spacial score (nSPS) is 8.23. The molecular weight excluding hydrogens is 226 g/mol. The van der Waals surface area contributed by atoms with Crippen LogP contribution in [-0.4, -0.2) is 7.12 Å². The largest absolute Gasteiger partial charge is 1.00 e. The molecule has 0 spiro atoms. The van der Waals surface area contributed by atoms with Crippen LogP contribution in [0.2, 0.25) is 0 Å². The van der Waals surface area contributed by atoms with E-state index in [0.717, 1.165) is 12.1 Å². The predicted octanol–water partition coefficient (Wildman–Crippen LogP) is -8.17. The van der Waals surface area contributed by atoms with Crippen molar-refractivity contribution >= 4 is 18.3 Å². The molecular formula is C6H5BFK2NO2. The van der Waals surface area contributed by atoms with E-state index in [2.05, 4.69) is 0 Å². The summed E-state index contributed by atoms with van der Waals surface area (Å²) in [4.78, 5) is 0. The Morgan fingerprint density at radius 1 is 1.23 bits per heavy atom. The Hall–Kier alpha value is 2.21. The third-order valence-electron chi connectivity index (χ3n) is 1.30. The van der Waals surface area contributed by atoms with Gasteiger partial charge in [-0.25, -0.2) is 4.39 Å². The molecule has 1 aromatic carbocycles. The number of rotatable bonds is 1. The Morgan fingerprint density at radius 3 is 2.15 bits per heavy atom. The quantitative estimate of drug-likeness (QED) is 0.385. The Kier molecular flexibility index (Phi) is 11.3. The summed E-state index contributed by atoms with van der Waals surface area (Å²) in [6.07, 6.45) is 0. The molecule has 0 unspecified atom stereocenters. The smallest absolute Gasteiger partial charge is 0.889 e. The zero-order valence-corrected chi connectivity index (χ0v) is 13.8. The van der Waals surface area contributed by atoms with Gasteiger partial charge in [0.05, 0.1) is 0 Å². The molecule has 0 fully saturated rings. The summed E-state index contributed by atoms with van der Waals surface area (Å²) in [6.45, 7) is 0. The van der Waals surface area contributed by atoms with Gasteiger partial charge in [0.1, 0.15) is 5.82 Å². The molecule has 1 aromatic rings. The van der Waals surface area contributed by atoms with Crippen LogP contribution in [0.25, 0.3) is 0 Å². The van der Waals surface area contributed by atoms with Crippen molar-refractivity contribution in [1.82, 2.24) is 0 Å². The van der Waals surface area contributed by atoms with E-state index in [0.29, 0.717) is 0 Å². The van der Waals surface area contributed by atoms with Gasteiger partial charge in [-0.05, 0) is 18.2 Å². The van der Waals surface area contributed by atoms with Crippen molar-refractivity contribution in [1.29, 1.82) is 0 Å². The first-order valence-electron chi connectivity index (χ1n) is 2.98. The number of nitrogens with two attached hydrogens (primary N) is 1. The standard InChI is InChI=1S/C6H5BFNO2.2K/c8-4-1-2-6(9)5(3-4)7(10)11;;/h1-3H,9H2;;/q-2;2*+1. The van der Waals surface area contributed by atoms with E-state index in [1.165, 1.54) is 6.07 Å². The van der Waals surface area contributed by atoms with E-state index in [-0.39, 0.29) is 114 Å². The maximum atomic E-state index is 12.4. The molecule has 0 amide bonds. The van der Waals surface area contributed by atoms with Gasteiger partial charge in [-0.2, -0.15) is 0 Å². The molecule has 0 heterocycles. The molecule has 2 N–H and O–H groups in total. The van der Waals surface area contributed by atoms with E-state index >= 15 is 0 Å². The van der Waals surface area contributed by atoms with Crippen LogP contribution in [0.1, 0.15) is 0 Å². The maximum Gasteiger partial charge on any atom is 1.00 e. The van der Waals surface area contributed by atoms with Crippen LogP contribution >= 0.6 is 0 Å². The topological polar surface area (TPSA) is 72.1 Å². The van der Waals surface area contributed by atoms with Crippen LogP contribution in [0.3, 0.4) is 0 Å². The molecule has 0 radical (unpaired) electrons. The second kappa shape index (κ2) is 8.37. The van der Waals surface area contributed by atoms with Gasteiger partial charge >= 0.3 is 103 Å².